The molecule has 1 aromatic rings. The van der Waals surface area contributed by atoms with Gasteiger partial charge in [0.05, 0.1) is 15.9 Å². The smallest absolute Gasteiger partial charge is 0.258 e. The number of hydrogen-bond acceptors (Lipinski definition) is 4. The van der Waals surface area contributed by atoms with Crippen molar-refractivity contribution in [2.45, 2.75) is 59.3 Å². The molecule has 0 fully saturated rings. The zero-order chi connectivity index (χ0) is 16.5. The molecule has 0 bridgehead atoms. The molecule has 0 heterocycles. The van der Waals surface area contributed by atoms with Crippen molar-refractivity contribution in [3.63, 3.8) is 0 Å². The van der Waals surface area contributed by atoms with Gasteiger partial charge in [-0.05, 0) is 23.3 Å². The van der Waals surface area contributed by atoms with E-state index in [2.05, 4.69) is 0 Å². The van der Waals surface area contributed by atoms with Gasteiger partial charge in [0, 0.05) is 11.1 Å². The van der Waals surface area contributed by atoms with Gasteiger partial charge in [0.25, 0.3) is 11.4 Å². The van der Waals surface area contributed by atoms with E-state index in [1.165, 1.54) is 0 Å². The van der Waals surface area contributed by atoms with Crippen LogP contribution in [0.1, 0.15) is 76.0 Å². The van der Waals surface area contributed by atoms with E-state index in [1.54, 1.807) is 0 Å². The summed E-state index contributed by atoms with van der Waals surface area (Å²) in [4.78, 5) is 21.6. The fraction of sp³-hybridized carbons (Fsp3) is 0.600. The van der Waals surface area contributed by atoms with Crippen LogP contribution in [0.5, 0.6) is 0 Å². The van der Waals surface area contributed by atoms with Gasteiger partial charge in [0.15, 0.2) is 0 Å². The van der Waals surface area contributed by atoms with Crippen LogP contribution in [0, 0.1) is 20.2 Å². The predicted octanol–water partition coefficient (Wildman–Crippen LogP) is 4.87. The Labute approximate surface area is 124 Å². The molecule has 0 aromatic heterocycles. The highest BCUT2D eigenvalue weighted by Gasteiger charge is 2.32. The number of nitrogens with zero attached hydrogens (tertiary/aromatic N) is 2. The lowest BCUT2D eigenvalue weighted by Crippen LogP contribution is -2.11. The van der Waals surface area contributed by atoms with Crippen molar-refractivity contribution in [2.75, 3.05) is 0 Å². The molecule has 0 unspecified atom stereocenters. The Hall–Kier alpha value is -1.98. The van der Waals surface area contributed by atoms with E-state index in [4.69, 9.17) is 0 Å². The first-order chi connectivity index (χ1) is 9.59. The minimum atomic E-state index is -0.516. The summed E-state index contributed by atoms with van der Waals surface area (Å²) in [6.07, 6.45) is 0. The zero-order valence-electron chi connectivity index (χ0n) is 13.3. The number of benzene rings is 1. The van der Waals surface area contributed by atoms with Crippen LogP contribution in [0.2, 0.25) is 0 Å². The second kappa shape index (κ2) is 6.20. The van der Waals surface area contributed by atoms with E-state index >= 15 is 0 Å². The Morgan fingerprint density at radius 1 is 0.714 bits per heavy atom. The maximum atomic E-state index is 11.3. The first-order valence-corrected chi connectivity index (χ1v) is 7.08. The zero-order valence-corrected chi connectivity index (χ0v) is 13.3. The van der Waals surface area contributed by atoms with E-state index in [0.717, 1.165) is 11.6 Å². The fourth-order valence-electron chi connectivity index (χ4n) is 2.84. The first kappa shape index (κ1) is 17.1. The summed E-state index contributed by atoms with van der Waals surface area (Å²) in [7, 11) is 0. The lowest BCUT2D eigenvalue weighted by Gasteiger charge is -2.22. The van der Waals surface area contributed by atoms with Crippen LogP contribution in [0.15, 0.2) is 6.07 Å². The number of rotatable bonds is 5. The quantitative estimate of drug-likeness (QED) is 0.572. The molecule has 6 heteroatoms. The monoisotopic (exact) mass is 294 g/mol. The van der Waals surface area contributed by atoms with Gasteiger partial charge < -0.3 is 0 Å². The SMILES string of the molecule is CC(C)c1c([N+](=O)[O-])cc([N+](=O)[O-])c(C(C)C)c1C(C)C. The third-order valence-electron chi connectivity index (χ3n) is 3.53. The van der Waals surface area contributed by atoms with Gasteiger partial charge in [-0.25, -0.2) is 0 Å². The second-order valence-corrected chi connectivity index (χ2v) is 6.13. The Balaban J connectivity index is 3.98. The molecular weight excluding hydrogens is 272 g/mol. The number of nitro groups is 2. The third kappa shape index (κ3) is 3.20. The van der Waals surface area contributed by atoms with Crippen molar-refractivity contribution in [2.24, 2.45) is 0 Å². The Morgan fingerprint density at radius 2 is 1.00 bits per heavy atom. The molecule has 0 aliphatic rings. The van der Waals surface area contributed by atoms with Crippen molar-refractivity contribution in [1.29, 1.82) is 0 Å². The summed E-state index contributed by atoms with van der Waals surface area (Å²) < 4.78 is 0. The van der Waals surface area contributed by atoms with Crippen LogP contribution in [0.4, 0.5) is 11.4 Å². The first-order valence-electron chi connectivity index (χ1n) is 7.08. The summed E-state index contributed by atoms with van der Waals surface area (Å²) in [6, 6.07) is 1.12. The molecule has 0 N–H and O–H groups in total. The largest absolute Gasteiger partial charge is 0.280 e. The molecule has 0 aliphatic heterocycles. The van der Waals surface area contributed by atoms with Gasteiger partial charge in [-0.1, -0.05) is 41.5 Å². The Morgan fingerprint density at radius 3 is 1.19 bits per heavy atom. The molecule has 0 saturated heterocycles. The maximum Gasteiger partial charge on any atom is 0.280 e. The minimum Gasteiger partial charge on any atom is -0.258 e. The van der Waals surface area contributed by atoms with E-state index in [1.807, 2.05) is 41.5 Å². The lowest BCUT2D eigenvalue weighted by atomic mass is 9.81. The van der Waals surface area contributed by atoms with Gasteiger partial charge >= 0.3 is 0 Å². The molecule has 0 saturated carbocycles. The second-order valence-electron chi connectivity index (χ2n) is 6.13. The topological polar surface area (TPSA) is 86.3 Å². The number of nitro benzene ring substituents is 2. The highest BCUT2D eigenvalue weighted by atomic mass is 16.6. The molecule has 116 valence electrons. The summed E-state index contributed by atoms with van der Waals surface area (Å²) in [5.41, 5.74) is 1.68. The average Bonchev–Trinajstić information content (AvgIpc) is 2.34. The fourth-order valence-corrected chi connectivity index (χ4v) is 2.84. The molecule has 0 radical (unpaired) electrons. The highest BCUT2D eigenvalue weighted by Crippen LogP contribution is 2.43. The summed E-state index contributed by atoms with van der Waals surface area (Å²) >= 11 is 0. The van der Waals surface area contributed by atoms with Crippen molar-refractivity contribution in [3.8, 4) is 0 Å². The van der Waals surface area contributed by atoms with Gasteiger partial charge in [0.2, 0.25) is 0 Å². The normalized spacial score (nSPS) is 11.5. The van der Waals surface area contributed by atoms with Crippen LogP contribution >= 0.6 is 0 Å². The third-order valence-corrected chi connectivity index (χ3v) is 3.53. The van der Waals surface area contributed by atoms with Crippen LogP contribution in [0.25, 0.3) is 0 Å². The van der Waals surface area contributed by atoms with Crippen molar-refractivity contribution >= 4 is 11.4 Å². The van der Waals surface area contributed by atoms with E-state index in [0.29, 0.717) is 11.1 Å². The van der Waals surface area contributed by atoms with Crippen LogP contribution in [-0.4, -0.2) is 9.85 Å². The standard InChI is InChI=1S/C15H22N2O4/c1-8(2)13-11(16(18)19)7-12(17(20)21)14(9(3)4)15(13)10(5)6/h7-10H,1-6H3. The molecule has 6 nitrogen and oxygen atoms in total. The predicted molar refractivity (Wildman–Crippen MR) is 82.0 cm³/mol. The molecule has 1 aromatic carbocycles. The van der Waals surface area contributed by atoms with Crippen molar-refractivity contribution < 1.29 is 9.85 Å². The molecule has 0 aliphatic carbocycles. The molecule has 1 rings (SSSR count). The Bertz CT molecular complexity index is 533. The molecule has 0 atom stereocenters. The molecule has 0 spiro atoms. The van der Waals surface area contributed by atoms with Crippen LogP contribution in [-0.2, 0) is 0 Å². The van der Waals surface area contributed by atoms with Gasteiger partial charge in [0.1, 0.15) is 0 Å². The average molecular weight is 294 g/mol. The van der Waals surface area contributed by atoms with E-state index in [-0.39, 0.29) is 29.1 Å². The summed E-state index contributed by atoms with van der Waals surface area (Å²) in [6.45, 7) is 11.4. The number of hydrogen-bond donors (Lipinski definition) is 0. The lowest BCUT2D eigenvalue weighted by molar-refractivity contribution is -0.395. The minimum absolute atomic E-state index is 0.0154. The Kier molecular flexibility index (Phi) is 5.04. The van der Waals surface area contributed by atoms with Crippen LogP contribution < -0.4 is 0 Å². The molecule has 0 amide bonds. The summed E-state index contributed by atoms with van der Waals surface area (Å²) in [5.74, 6) is -0.152. The van der Waals surface area contributed by atoms with Crippen molar-refractivity contribution in [1.82, 2.24) is 0 Å². The van der Waals surface area contributed by atoms with Gasteiger partial charge in [-0.3, -0.25) is 20.2 Å². The molecular formula is C15H22N2O4. The maximum absolute atomic E-state index is 11.3. The van der Waals surface area contributed by atoms with E-state index < -0.39 is 9.85 Å². The van der Waals surface area contributed by atoms with Gasteiger partial charge in [-0.2, -0.15) is 0 Å². The molecule has 21 heavy (non-hydrogen) atoms. The van der Waals surface area contributed by atoms with Crippen molar-refractivity contribution in [3.05, 3.63) is 43.0 Å². The van der Waals surface area contributed by atoms with E-state index in [9.17, 15) is 20.2 Å². The van der Waals surface area contributed by atoms with Gasteiger partial charge in [-0.15, -0.1) is 0 Å². The highest BCUT2D eigenvalue weighted by molar-refractivity contribution is 5.62. The summed E-state index contributed by atoms with van der Waals surface area (Å²) in [5, 5.41) is 22.7. The van der Waals surface area contributed by atoms with Crippen LogP contribution in [0.3, 0.4) is 0 Å².